The lowest BCUT2D eigenvalue weighted by Crippen LogP contribution is -2.44. The number of carboxylic acids is 1. The number of Topliss-reactive ketones (excluding diaryl/α,β-unsaturated/α-hetero) is 1. The van der Waals surface area contributed by atoms with Gasteiger partial charge in [-0.2, -0.15) is 0 Å². The van der Waals surface area contributed by atoms with Crippen LogP contribution in [0.4, 0.5) is 0 Å². The van der Waals surface area contributed by atoms with Crippen molar-refractivity contribution in [1.82, 2.24) is 14.9 Å². The molecule has 0 radical (unpaired) electrons. The lowest BCUT2D eigenvalue weighted by atomic mass is 9.91. The van der Waals surface area contributed by atoms with Gasteiger partial charge in [0.1, 0.15) is 6.04 Å². The van der Waals surface area contributed by atoms with Crippen molar-refractivity contribution in [2.45, 2.75) is 64.8 Å². The van der Waals surface area contributed by atoms with E-state index in [0.29, 0.717) is 36.5 Å². The van der Waals surface area contributed by atoms with E-state index in [1.54, 1.807) is 12.4 Å². The number of benzene rings is 2. The third kappa shape index (κ3) is 8.00. The van der Waals surface area contributed by atoms with Gasteiger partial charge in [-0.25, -0.2) is 14.8 Å². The summed E-state index contributed by atoms with van der Waals surface area (Å²) >= 11 is 1.46. The maximum atomic E-state index is 13.8. The Labute approximate surface area is 268 Å². The van der Waals surface area contributed by atoms with Gasteiger partial charge in [0.05, 0.1) is 4.88 Å². The molecule has 2 aromatic heterocycles. The molecule has 0 aliphatic carbocycles. The highest BCUT2D eigenvalue weighted by molar-refractivity contribution is 7.14. The summed E-state index contributed by atoms with van der Waals surface area (Å²) in [4.78, 5) is 51.3. The van der Waals surface area contributed by atoms with E-state index in [1.165, 1.54) is 21.8 Å². The minimum Gasteiger partial charge on any atom is -0.480 e. The number of likely N-dealkylation sites (tertiary alicyclic amines) is 1. The molecule has 0 spiro atoms. The van der Waals surface area contributed by atoms with E-state index >= 15 is 0 Å². The Morgan fingerprint density at radius 3 is 2.24 bits per heavy atom. The number of nitrogens with zero attached hydrogens (tertiary/aromatic N) is 3. The van der Waals surface area contributed by atoms with Gasteiger partial charge >= 0.3 is 5.97 Å². The number of hydrogen-bond donors (Lipinski definition) is 1. The predicted molar refractivity (Wildman–Crippen MR) is 179 cm³/mol. The molecule has 0 saturated carbocycles. The highest BCUT2D eigenvalue weighted by Crippen LogP contribution is 2.32. The van der Waals surface area contributed by atoms with Crippen molar-refractivity contribution in [3.8, 4) is 11.4 Å². The lowest BCUT2D eigenvalue weighted by molar-refractivity contribution is -0.149. The van der Waals surface area contributed by atoms with E-state index in [-0.39, 0.29) is 23.5 Å². The number of carboxylic acid groups (broad SMARTS) is 1. The number of hydrogen-bond acceptors (Lipinski definition) is 6. The first-order valence-corrected chi connectivity index (χ1v) is 16.1. The molecular weight excluding hydrogens is 582 g/mol. The van der Waals surface area contributed by atoms with Crippen LogP contribution in [0.5, 0.6) is 0 Å². The maximum Gasteiger partial charge on any atom is 0.326 e. The standard InChI is InChI=1S/C37H39N3O4S/c1-24-7-9-25(10-8-24)11-12-27-22-38-34(39-23-27)28-15-13-26(14-16-28)20-29(35(42)40-19-5-6-30(40)36(43)44)21-31(41)32-17-18-33(45-32)37(2,3)4/h7-18,22-23,29-30H,5-6,19-21H2,1-4H3,(H,43,44)/b12-11+/t29-,30+/m1/s1. The van der Waals surface area contributed by atoms with Gasteiger partial charge in [0, 0.05) is 47.3 Å². The molecule has 3 heterocycles. The second-order valence-electron chi connectivity index (χ2n) is 12.8. The van der Waals surface area contributed by atoms with Crippen LogP contribution in [0.3, 0.4) is 0 Å². The second kappa shape index (κ2) is 13.7. The van der Waals surface area contributed by atoms with Crippen LogP contribution in [-0.2, 0) is 21.4 Å². The Balaban J connectivity index is 1.31. The second-order valence-corrected chi connectivity index (χ2v) is 13.8. The van der Waals surface area contributed by atoms with Crippen LogP contribution in [0, 0.1) is 12.8 Å². The molecule has 0 bridgehead atoms. The van der Waals surface area contributed by atoms with Crippen molar-refractivity contribution in [1.29, 1.82) is 0 Å². The smallest absolute Gasteiger partial charge is 0.326 e. The number of amides is 1. The number of rotatable bonds is 10. The SMILES string of the molecule is Cc1ccc(/C=C/c2cnc(-c3ccc(C[C@H](CC(=O)c4ccc(C(C)(C)C)s4)C(=O)N4CCC[C@H]4C(=O)O)cc3)nc2)cc1. The number of aliphatic carboxylic acids is 1. The predicted octanol–water partition coefficient (Wildman–Crippen LogP) is 7.49. The minimum atomic E-state index is -1.000. The summed E-state index contributed by atoms with van der Waals surface area (Å²) in [5.74, 6) is -1.45. The van der Waals surface area contributed by atoms with E-state index in [4.69, 9.17) is 0 Å². The Morgan fingerprint density at radius 1 is 0.956 bits per heavy atom. The average molecular weight is 622 g/mol. The zero-order valence-corrected chi connectivity index (χ0v) is 27.0. The highest BCUT2D eigenvalue weighted by atomic mass is 32.1. The van der Waals surface area contributed by atoms with Crippen molar-refractivity contribution < 1.29 is 19.5 Å². The fourth-order valence-corrected chi connectivity index (χ4v) is 6.51. The molecule has 1 saturated heterocycles. The first-order chi connectivity index (χ1) is 21.5. The van der Waals surface area contributed by atoms with Gasteiger partial charge in [0.2, 0.25) is 5.91 Å². The zero-order chi connectivity index (χ0) is 32.1. The summed E-state index contributed by atoms with van der Waals surface area (Å²) in [6, 6.07) is 18.9. The Kier molecular flexibility index (Phi) is 9.73. The van der Waals surface area contributed by atoms with Gasteiger partial charge in [-0.3, -0.25) is 9.59 Å². The molecule has 5 rings (SSSR count). The fourth-order valence-electron chi connectivity index (χ4n) is 5.50. The minimum absolute atomic E-state index is 0.0220. The van der Waals surface area contributed by atoms with Crippen LogP contribution in [0.1, 0.15) is 76.8 Å². The molecular formula is C37H39N3O4S. The van der Waals surface area contributed by atoms with E-state index in [1.807, 2.05) is 48.6 Å². The zero-order valence-electron chi connectivity index (χ0n) is 26.2. The van der Waals surface area contributed by atoms with Crippen molar-refractivity contribution in [3.05, 3.63) is 105 Å². The van der Waals surface area contributed by atoms with Crippen LogP contribution in [0.15, 0.2) is 73.1 Å². The maximum absolute atomic E-state index is 13.8. The molecule has 1 N–H and O–H groups in total. The lowest BCUT2D eigenvalue weighted by Gasteiger charge is -2.26. The molecule has 232 valence electrons. The number of aromatic nitrogens is 2. The molecule has 1 aliphatic rings. The molecule has 4 aromatic rings. The van der Waals surface area contributed by atoms with Gasteiger partial charge in [-0.15, -0.1) is 11.3 Å². The fraction of sp³-hybridized carbons (Fsp3) is 0.324. The quantitative estimate of drug-likeness (QED) is 0.184. The topological polar surface area (TPSA) is 100 Å². The average Bonchev–Trinajstić information content (AvgIpc) is 3.72. The molecule has 1 fully saturated rings. The Hall–Kier alpha value is -4.43. The number of aryl methyl sites for hydroxylation is 1. The summed E-state index contributed by atoms with van der Waals surface area (Å²) in [6.07, 6.45) is 8.99. The first kappa shape index (κ1) is 32.0. The number of carbonyl (C=O) groups excluding carboxylic acids is 2. The van der Waals surface area contributed by atoms with E-state index < -0.39 is 17.9 Å². The third-order valence-electron chi connectivity index (χ3n) is 8.13. The van der Waals surface area contributed by atoms with Crippen LogP contribution >= 0.6 is 11.3 Å². The van der Waals surface area contributed by atoms with E-state index in [2.05, 4.69) is 61.9 Å². The summed E-state index contributed by atoms with van der Waals surface area (Å²) in [5, 5.41) is 9.72. The Bertz CT molecular complexity index is 1680. The summed E-state index contributed by atoms with van der Waals surface area (Å²) in [7, 11) is 0. The first-order valence-electron chi connectivity index (χ1n) is 15.3. The van der Waals surface area contributed by atoms with Crippen molar-refractivity contribution in [3.63, 3.8) is 0 Å². The molecule has 45 heavy (non-hydrogen) atoms. The summed E-state index contributed by atoms with van der Waals surface area (Å²) < 4.78 is 0. The number of thiophene rings is 1. The van der Waals surface area contributed by atoms with Crippen LogP contribution in [-0.4, -0.2) is 50.2 Å². The molecule has 7 nitrogen and oxygen atoms in total. The van der Waals surface area contributed by atoms with Crippen molar-refractivity contribution in [2.24, 2.45) is 5.92 Å². The number of ketones is 1. The molecule has 2 atom stereocenters. The van der Waals surface area contributed by atoms with Crippen LogP contribution in [0.2, 0.25) is 0 Å². The number of carbonyl (C=O) groups is 3. The largest absolute Gasteiger partial charge is 0.480 e. The normalized spacial score (nSPS) is 15.8. The Morgan fingerprint density at radius 2 is 1.62 bits per heavy atom. The molecule has 0 unspecified atom stereocenters. The third-order valence-corrected chi connectivity index (χ3v) is 9.69. The van der Waals surface area contributed by atoms with E-state index in [9.17, 15) is 19.5 Å². The van der Waals surface area contributed by atoms with E-state index in [0.717, 1.165) is 27.1 Å². The van der Waals surface area contributed by atoms with Gasteiger partial charge in [0.15, 0.2) is 11.6 Å². The monoisotopic (exact) mass is 621 g/mol. The van der Waals surface area contributed by atoms with Gasteiger partial charge < -0.3 is 10.0 Å². The molecule has 2 aromatic carbocycles. The summed E-state index contributed by atoms with van der Waals surface area (Å²) in [6.45, 7) is 8.76. The van der Waals surface area contributed by atoms with Gasteiger partial charge in [-0.1, -0.05) is 87.0 Å². The van der Waals surface area contributed by atoms with Gasteiger partial charge in [0.25, 0.3) is 0 Å². The van der Waals surface area contributed by atoms with Crippen LogP contribution in [0.25, 0.3) is 23.5 Å². The highest BCUT2D eigenvalue weighted by Gasteiger charge is 2.38. The summed E-state index contributed by atoms with van der Waals surface area (Å²) in [5.41, 5.74) is 4.86. The van der Waals surface area contributed by atoms with Gasteiger partial charge in [-0.05, 0) is 54.9 Å². The molecule has 1 amide bonds. The molecule has 8 heteroatoms. The molecule has 1 aliphatic heterocycles. The van der Waals surface area contributed by atoms with Crippen molar-refractivity contribution >= 4 is 41.1 Å². The van der Waals surface area contributed by atoms with Crippen molar-refractivity contribution in [2.75, 3.05) is 6.54 Å². The van der Waals surface area contributed by atoms with Crippen LogP contribution < -0.4 is 0 Å².